The molecule has 0 aromatic carbocycles. The second-order valence-electron chi connectivity index (χ2n) is 4.47. The maximum absolute atomic E-state index is 5.73. The highest BCUT2D eigenvalue weighted by Gasteiger charge is 2.26. The molecule has 0 saturated carbocycles. The number of rotatable bonds is 4. The largest absolute Gasteiger partial charge is 0.375 e. The van der Waals surface area contributed by atoms with Crippen molar-refractivity contribution in [1.29, 1.82) is 0 Å². The van der Waals surface area contributed by atoms with E-state index < -0.39 is 0 Å². The average molecular weight is 200 g/mol. The Morgan fingerprint density at radius 3 is 2.36 bits per heavy atom. The summed E-state index contributed by atoms with van der Waals surface area (Å²) in [6.45, 7) is 6.54. The molecule has 0 aliphatic carbocycles. The van der Waals surface area contributed by atoms with Crippen molar-refractivity contribution in [2.75, 3.05) is 27.2 Å². The van der Waals surface area contributed by atoms with E-state index in [-0.39, 0.29) is 0 Å². The number of hydrogen-bond acceptors (Lipinski definition) is 3. The van der Waals surface area contributed by atoms with Gasteiger partial charge in [0.1, 0.15) is 0 Å². The van der Waals surface area contributed by atoms with Gasteiger partial charge in [0.25, 0.3) is 0 Å². The van der Waals surface area contributed by atoms with Crippen LogP contribution in [0.15, 0.2) is 0 Å². The van der Waals surface area contributed by atoms with Crippen LogP contribution in [0, 0.1) is 0 Å². The zero-order valence-electron chi connectivity index (χ0n) is 9.92. The standard InChI is InChI=1S/C11H24N2O/c1-9-7-11(8-10(2)14-9)13(4)6-5-12-3/h9-12H,5-8H2,1-4H3. The molecular weight excluding hydrogens is 176 g/mol. The van der Waals surface area contributed by atoms with Crippen molar-refractivity contribution in [3.05, 3.63) is 0 Å². The van der Waals surface area contributed by atoms with Crippen molar-refractivity contribution in [3.63, 3.8) is 0 Å². The van der Waals surface area contributed by atoms with E-state index >= 15 is 0 Å². The molecule has 1 heterocycles. The first kappa shape index (κ1) is 12.0. The molecule has 0 bridgehead atoms. The molecule has 84 valence electrons. The summed E-state index contributed by atoms with van der Waals surface area (Å²) in [6, 6.07) is 0.696. The Morgan fingerprint density at radius 2 is 1.86 bits per heavy atom. The topological polar surface area (TPSA) is 24.5 Å². The normalized spacial score (nSPS) is 33.6. The zero-order chi connectivity index (χ0) is 10.6. The summed E-state index contributed by atoms with van der Waals surface area (Å²) in [4.78, 5) is 2.45. The van der Waals surface area contributed by atoms with Crippen LogP contribution in [-0.4, -0.2) is 50.3 Å². The first-order valence-electron chi connectivity index (χ1n) is 5.63. The SMILES string of the molecule is CNCCN(C)C1CC(C)OC(C)C1. The summed E-state index contributed by atoms with van der Waals surface area (Å²) < 4.78 is 5.73. The molecule has 0 aromatic heterocycles. The van der Waals surface area contributed by atoms with E-state index in [9.17, 15) is 0 Å². The quantitative estimate of drug-likeness (QED) is 0.735. The number of ether oxygens (including phenoxy) is 1. The molecule has 3 nitrogen and oxygen atoms in total. The molecule has 14 heavy (non-hydrogen) atoms. The number of nitrogens with one attached hydrogen (secondary N) is 1. The Kier molecular flexibility index (Phi) is 4.85. The molecule has 2 atom stereocenters. The highest BCUT2D eigenvalue weighted by atomic mass is 16.5. The van der Waals surface area contributed by atoms with Crippen LogP contribution in [0.1, 0.15) is 26.7 Å². The summed E-state index contributed by atoms with van der Waals surface area (Å²) >= 11 is 0. The first-order chi connectivity index (χ1) is 6.63. The number of likely N-dealkylation sites (N-methyl/N-ethyl adjacent to an activating group) is 2. The summed E-state index contributed by atoms with van der Waals surface area (Å²) in [5.74, 6) is 0. The van der Waals surface area contributed by atoms with Crippen molar-refractivity contribution in [2.24, 2.45) is 0 Å². The molecule has 0 radical (unpaired) electrons. The van der Waals surface area contributed by atoms with E-state index in [4.69, 9.17) is 4.74 Å². The molecular formula is C11H24N2O. The van der Waals surface area contributed by atoms with E-state index in [1.165, 1.54) is 12.8 Å². The monoisotopic (exact) mass is 200 g/mol. The van der Waals surface area contributed by atoms with Gasteiger partial charge in [-0.2, -0.15) is 0 Å². The van der Waals surface area contributed by atoms with E-state index in [0.29, 0.717) is 18.2 Å². The number of nitrogens with zero attached hydrogens (tertiary/aromatic N) is 1. The minimum absolute atomic E-state index is 0.417. The summed E-state index contributed by atoms with van der Waals surface area (Å²) in [7, 11) is 4.22. The van der Waals surface area contributed by atoms with Crippen molar-refractivity contribution in [2.45, 2.75) is 44.9 Å². The van der Waals surface area contributed by atoms with Crippen LogP contribution >= 0.6 is 0 Å². The molecule has 1 aliphatic rings. The lowest BCUT2D eigenvalue weighted by Crippen LogP contribution is -2.44. The first-order valence-corrected chi connectivity index (χ1v) is 5.63. The van der Waals surface area contributed by atoms with Gasteiger partial charge in [-0.15, -0.1) is 0 Å². The van der Waals surface area contributed by atoms with E-state index in [0.717, 1.165) is 13.1 Å². The highest BCUT2D eigenvalue weighted by molar-refractivity contribution is 4.79. The smallest absolute Gasteiger partial charge is 0.0565 e. The van der Waals surface area contributed by atoms with E-state index in [1.54, 1.807) is 0 Å². The third-order valence-electron chi connectivity index (χ3n) is 3.01. The Balaban J connectivity index is 2.34. The van der Waals surface area contributed by atoms with Crippen LogP contribution in [0.25, 0.3) is 0 Å². The van der Waals surface area contributed by atoms with Crippen LogP contribution in [-0.2, 0) is 4.74 Å². The fourth-order valence-electron chi connectivity index (χ4n) is 2.20. The lowest BCUT2D eigenvalue weighted by Gasteiger charge is -2.37. The predicted octanol–water partition coefficient (Wildman–Crippen LogP) is 1.09. The summed E-state index contributed by atoms with van der Waals surface area (Å²) in [5.41, 5.74) is 0. The van der Waals surface area contributed by atoms with Gasteiger partial charge in [-0.3, -0.25) is 0 Å². The molecule has 2 unspecified atom stereocenters. The van der Waals surface area contributed by atoms with Gasteiger partial charge in [0, 0.05) is 19.1 Å². The lowest BCUT2D eigenvalue weighted by molar-refractivity contribution is -0.0609. The van der Waals surface area contributed by atoms with Gasteiger partial charge in [-0.25, -0.2) is 0 Å². The molecule has 0 aromatic rings. The van der Waals surface area contributed by atoms with Crippen LogP contribution in [0.5, 0.6) is 0 Å². The Bertz CT molecular complexity index is 153. The lowest BCUT2D eigenvalue weighted by atomic mass is 9.99. The van der Waals surface area contributed by atoms with Gasteiger partial charge in [-0.1, -0.05) is 0 Å². The van der Waals surface area contributed by atoms with Gasteiger partial charge in [0.05, 0.1) is 12.2 Å². The Morgan fingerprint density at radius 1 is 1.29 bits per heavy atom. The molecule has 1 aliphatic heterocycles. The fourth-order valence-corrected chi connectivity index (χ4v) is 2.20. The molecule has 3 heteroatoms. The van der Waals surface area contributed by atoms with E-state index in [2.05, 4.69) is 31.1 Å². The minimum atomic E-state index is 0.417. The van der Waals surface area contributed by atoms with Crippen molar-refractivity contribution in [1.82, 2.24) is 10.2 Å². The maximum Gasteiger partial charge on any atom is 0.0565 e. The molecule has 0 amide bonds. The molecule has 1 N–H and O–H groups in total. The van der Waals surface area contributed by atoms with Gasteiger partial charge in [0.15, 0.2) is 0 Å². The second-order valence-corrected chi connectivity index (χ2v) is 4.47. The second kappa shape index (κ2) is 5.69. The fraction of sp³-hybridized carbons (Fsp3) is 1.00. The third-order valence-corrected chi connectivity index (χ3v) is 3.01. The minimum Gasteiger partial charge on any atom is -0.375 e. The van der Waals surface area contributed by atoms with Crippen LogP contribution in [0.2, 0.25) is 0 Å². The average Bonchev–Trinajstić information content (AvgIpc) is 2.12. The zero-order valence-corrected chi connectivity index (χ0v) is 9.92. The van der Waals surface area contributed by atoms with Crippen molar-refractivity contribution < 1.29 is 4.74 Å². The van der Waals surface area contributed by atoms with E-state index in [1.807, 2.05) is 7.05 Å². The molecule has 0 spiro atoms. The summed E-state index contributed by atoms with van der Waals surface area (Å²) in [5, 5.41) is 3.19. The number of hydrogen-bond donors (Lipinski definition) is 1. The van der Waals surface area contributed by atoms with Crippen LogP contribution in [0.3, 0.4) is 0 Å². The molecule has 1 fully saturated rings. The van der Waals surface area contributed by atoms with Crippen molar-refractivity contribution >= 4 is 0 Å². The summed E-state index contributed by atoms with van der Waals surface area (Å²) in [6.07, 6.45) is 3.18. The molecule has 1 rings (SSSR count). The van der Waals surface area contributed by atoms with Gasteiger partial charge in [0.2, 0.25) is 0 Å². The third kappa shape index (κ3) is 3.56. The van der Waals surface area contributed by atoms with Crippen LogP contribution in [0.4, 0.5) is 0 Å². The maximum atomic E-state index is 5.73. The van der Waals surface area contributed by atoms with Gasteiger partial charge in [-0.05, 0) is 40.8 Å². The van der Waals surface area contributed by atoms with Gasteiger partial charge < -0.3 is 15.0 Å². The predicted molar refractivity (Wildman–Crippen MR) is 59.6 cm³/mol. The van der Waals surface area contributed by atoms with Gasteiger partial charge >= 0.3 is 0 Å². The van der Waals surface area contributed by atoms with Crippen LogP contribution < -0.4 is 5.32 Å². The Hall–Kier alpha value is -0.120. The molecule has 1 saturated heterocycles. The van der Waals surface area contributed by atoms with Crippen molar-refractivity contribution in [3.8, 4) is 0 Å². The Labute approximate surface area is 87.8 Å². The highest BCUT2D eigenvalue weighted by Crippen LogP contribution is 2.22.